The van der Waals surface area contributed by atoms with Gasteiger partial charge in [0.25, 0.3) is 0 Å². The molecule has 1 heterocycles. The lowest BCUT2D eigenvalue weighted by Crippen LogP contribution is -1.99. The van der Waals surface area contributed by atoms with E-state index >= 15 is 0 Å². The highest BCUT2D eigenvalue weighted by Gasteiger charge is 2.12. The van der Waals surface area contributed by atoms with Gasteiger partial charge in [-0.3, -0.25) is 4.79 Å². The number of hydrogen-bond acceptors (Lipinski definition) is 3. The molecule has 2 rings (SSSR count). The number of benzene rings is 1. The number of hydrogen-bond donors (Lipinski definition) is 1. The van der Waals surface area contributed by atoms with Crippen LogP contribution in [0.15, 0.2) is 22.7 Å². The van der Waals surface area contributed by atoms with Gasteiger partial charge in [0, 0.05) is 10.9 Å². The molecule has 0 saturated carbocycles. The van der Waals surface area contributed by atoms with Gasteiger partial charge in [0.15, 0.2) is 5.58 Å². The van der Waals surface area contributed by atoms with Crippen molar-refractivity contribution in [2.24, 2.45) is 0 Å². The van der Waals surface area contributed by atoms with Crippen LogP contribution in [0.4, 0.5) is 0 Å². The summed E-state index contributed by atoms with van der Waals surface area (Å²) in [6.45, 7) is 1.99. The van der Waals surface area contributed by atoms with Gasteiger partial charge in [-0.1, -0.05) is 24.2 Å². The SMILES string of the molecule is CCc1noc2c(CC(=O)O)cccc12. The Hall–Kier alpha value is -1.84. The molecule has 0 spiro atoms. The lowest BCUT2D eigenvalue weighted by atomic mass is 10.1. The van der Waals surface area contributed by atoms with Gasteiger partial charge in [0.1, 0.15) is 0 Å². The first kappa shape index (κ1) is 9.71. The van der Waals surface area contributed by atoms with E-state index in [0.717, 1.165) is 17.5 Å². The minimum Gasteiger partial charge on any atom is -0.481 e. The third-order valence-electron chi connectivity index (χ3n) is 2.33. The van der Waals surface area contributed by atoms with Gasteiger partial charge in [-0.25, -0.2) is 0 Å². The highest BCUT2D eigenvalue weighted by molar-refractivity contribution is 5.85. The van der Waals surface area contributed by atoms with Crippen LogP contribution in [-0.4, -0.2) is 16.2 Å². The molecule has 0 atom stereocenters. The second-order valence-corrected chi connectivity index (χ2v) is 3.35. The van der Waals surface area contributed by atoms with Crippen molar-refractivity contribution in [1.29, 1.82) is 0 Å². The number of carboxylic acid groups (broad SMARTS) is 1. The van der Waals surface area contributed by atoms with Crippen molar-refractivity contribution in [2.45, 2.75) is 19.8 Å². The Kier molecular flexibility index (Phi) is 2.41. The first-order valence-corrected chi connectivity index (χ1v) is 4.80. The number of nitrogens with zero attached hydrogens (tertiary/aromatic N) is 1. The number of carboxylic acids is 1. The molecule has 0 aliphatic carbocycles. The van der Waals surface area contributed by atoms with Gasteiger partial charge < -0.3 is 9.63 Å². The molecule has 4 heteroatoms. The first-order valence-electron chi connectivity index (χ1n) is 4.80. The molecule has 0 amide bonds. The van der Waals surface area contributed by atoms with E-state index in [9.17, 15) is 4.79 Å². The molecule has 1 N–H and O–H groups in total. The highest BCUT2D eigenvalue weighted by atomic mass is 16.5. The Labute approximate surface area is 86.5 Å². The monoisotopic (exact) mass is 205 g/mol. The van der Waals surface area contributed by atoms with Crippen LogP contribution in [0.5, 0.6) is 0 Å². The summed E-state index contributed by atoms with van der Waals surface area (Å²) in [5.41, 5.74) is 2.14. The minimum absolute atomic E-state index is 0.0321. The average Bonchev–Trinajstić information content (AvgIpc) is 2.61. The normalized spacial score (nSPS) is 10.7. The van der Waals surface area contributed by atoms with E-state index in [2.05, 4.69) is 5.16 Å². The molecule has 0 bridgehead atoms. The van der Waals surface area contributed by atoms with Gasteiger partial charge in [0.2, 0.25) is 0 Å². The standard InChI is InChI=1S/C11H11NO3/c1-2-9-8-5-3-4-7(6-10(13)14)11(8)15-12-9/h3-5H,2,6H2,1H3,(H,13,14). The number of aryl methyl sites for hydroxylation is 1. The van der Waals surface area contributed by atoms with Crippen LogP contribution in [0.1, 0.15) is 18.2 Å². The van der Waals surface area contributed by atoms with Gasteiger partial charge >= 0.3 is 5.97 Å². The molecular formula is C11H11NO3. The molecule has 0 unspecified atom stereocenters. The van der Waals surface area contributed by atoms with E-state index in [1.165, 1.54) is 0 Å². The summed E-state index contributed by atoms with van der Waals surface area (Å²) in [4.78, 5) is 10.6. The van der Waals surface area contributed by atoms with E-state index in [0.29, 0.717) is 11.1 Å². The van der Waals surface area contributed by atoms with E-state index in [-0.39, 0.29) is 6.42 Å². The average molecular weight is 205 g/mol. The van der Waals surface area contributed by atoms with Crippen LogP contribution < -0.4 is 0 Å². The third kappa shape index (κ3) is 1.70. The first-order chi connectivity index (χ1) is 7.22. The van der Waals surface area contributed by atoms with Crippen molar-refractivity contribution in [3.63, 3.8) is 0 Å². The lowest BCUT2D eigenvalue weighted by molar-refractivity contribution is -0.136. The fraction of sp³-hybridized carbons (Fsp3) is 0.273. The Balaban J connectivity index is 2.56. The maximum absolute atomic E-state index is 10.6. The summed E-state index contributed by atoms with van der Waals surface area (Å²) < 4.78 is 5.16. The summed E-state index contributed by atoms with van der Waals surface area (Å²) in [5, 5.41) is 13.6. The second-order valence-electron chi connectivity index (χ2n) is 3.35. The summed E-state index contributed by atoms with van der Waals surface area (Å²) in [6, 6.07) is 5.48. The predicted molar refractivity (Wildman–Crippen MR) is 54.7 cm³/mol. The Morgan fingerprint density at radius 1 is 1.53 bits per heavy atom. The summed E-state index contributed by atoms with van der Waals surface area (Å²) in [7, 11) is 0. The topological polar surface area (TPSA) is 63.3 Å². The van der Waals surface area contributed by atoms with Crippen LogP contribution in [0.3, 0.4) is 0 Å². The molecule has 78 valence electrons. The smallest absolute Gasteiger partial charge is 0.307 e. The Morgan fingerprint density at radius 3 is 3.00 bits per heavy atom. The van der Waals surface area contributed by atoms with E-state index < -0.39 is 5.97 Å². The summed E-state index contributed by atoms with van der Waals surface area (Å²) in [6.07, 6.45) is 0.749. The van der Waals surface area contributed by atoms with Crippen LogP contribution >= 0.6 is 0 Å². The fourth-order valence-electron chi connectivity index (χ4n) is 1.63. The number of fused-ring (bicyclic) bond motifs is 1. The van der Waals surface area contributed by atoms with Crippen molar-refractivity contribution < 1.29 is 14.4 Å². The van der Waals surface area contributed by atoms with Gasteiger partial charge in [-0.05, 0) is 12.5 Å². The van der Waals surface area contributed by atoms with Crippen molar-refractivity contribution in [3.8, 4) is 0 Å². The maximum Gasteiger partial charge on any atom is 0.307 e. The van der Waals surface area contributed by atoms with Crippen LogP contribution in [0, 0.1) is 0 Å². The molecule has 0 aliphatic rings. The molecule has 1 aromatic carbocycles. The van der Waals surface area contributed by atoms with Crippen LogP contribution in [0.2, 0.25) is 0 Å². The molecule has 0 radical (unpaired) electrons. The van der Waals surface area contributed by atoms with Crippen LogP contribution in [-0.2, 0) is 17.6 Å². The number of rotatable bonds is 3. The fourth-order valence-corrected chi connectivity index (χ4v) is 1.63. The third-order valence-corrected chi connectivity index (χ3v) is 2.33. The molecule has 2 aromatic rings. The zero-order valence-corrected chi connectivity index (χ0v) is 8.36. The molecule has 0 fully saturated rings. The molecular weight excluding hydrogens is 194 g/mol. The molecule has 15 heavy (non-hydrogen) atoms. The van der Waals surface area contributed by atoms with E-state index in [1.54, 1.807) is 6.07 Å². The maximum atomic E-state index is 10.6. The Bertz CT molecular complexity index is 502. The number of aliphatic carboxylic acids is 1. The summed E-state index contributed by atoms with van der Waals surface area (Å²) in [5.74, 6) is -0.864. The van der Waals surface area contributed by atoms with Crippen molar-refractivity contribution in [2.75, 3.05) is 0 Å². The molecule has 0 aliphatic heterocycles. The highest BCUT2D eigenvalue weighted by Crippen LogP contribution is 2.22. The summed E-state index contributed by atoms with van der Waals surface area (Å²) >= 11 is 0. The van der Waals surface area contributed by atoms with E-state index in [4.69, 9.17) is 9.63 Å². The molecule has 1 aromatic heterocycles. The number of para-hydroxylation sites is 1. The zero-order valence-electron chi connectivity index (χ0n) is 8.36. The van der Waals surface area contributed by atoms with Crippen LogP contribution in [0.25, 0.3) is 11.0 Å². The number of carbonyl (C=O) groups is 1. The quantitative estimate of drug-likeness (QED) is 0.832. The predicted octanol–water partition coefficient (Wildman–Crippen LogP) is 2.02. The molecule has 0 saturated heterocycles. The number of aromatic nitrogens is 1. The second kappa shape index (κ2) is 3.73. The van der Waals surface area contributed by atoms with Crippen molar-refractivity contribution >= 4 is 16.9 Å². The van der Waals surface area contributed by atoms with Crippen molar-refractivity contribution in [3.05, 3.63) is 29.5 Å². The largest absolute Gasteiger partial charge is 0.481 e. The minimum atomic E-state index is -0.864. The van der Waals surface area contributed by atoms with Crippen molar-refractivity contribution in [1.82, 2.24) is 5.16 Å². The Morgan fingerprint density at radius 2 is 2.33 bits per heavy atom. The van der Waals surface area contributed by atoms with Gasteiger partial charge in [-0.2, -0.15) is 0 Å². The molecule has 4 nitrogen and oxygen atoms in total. The lowest BCUT2D eigenvalue weighted by Gasteiger charge is -1.96. The zero-order chi connectivity index (χ0) is 10.8. The van der Waals surface area contributed by atoms with Gasteiger partial charge in [0.05, 0.1) is 12.1 Å². The van der Waals surface area contributed by atoms with Gasteiger partial charge in [-0.15, -0.1) is 0 Å². The van der Waals surface area contributed by atoms with E-state index in [1.807, 2.05) is 19.1 Å².